The molecule has 0 amide bonds. The number of aliphatic hydroxyl groups excluding tert-OH is 1. The third-order valence-electron chi connectivity index (χ3n) is 1.79. The topological polar surface area (TPSA) is 101 Å². The Morgan fingerprint density at radius 2 is 1.94 bits per heavy atom. The SMILES string of the molecule is CNc1nc(NCCOCCO)nc(OC)n1. The van der Waals surface area contributed by atoms with Gasteiger partial charge in [0.05, 0.1) is 26.9 Å². The molecule has 3 N–H and O–H groups in total. The number of aromatic nitrogens is 3. The van der Waals surface area contributed by atoms with Crippen LogP contribution in [0.1, 0.15) is 0 Å². The van der Waals surface area contributed by atoms with Gasteiger partial charge in [0.2, 0.25) is 11.9 Å². The number of methoxy groups -OCH3 is 1. The van der Waals surface area contributed by atoms with Crippen LogP contribution in [0.25, 0.3) is 0 Å². The lowest BCUT2D eigenvalue weighted by Crippen LogP contribution is -2.14. The second kappa shape index (κ2) is 7.58. The molecule has 1 aromatic rings. The highest BCUT2D eigenvalue weighted by atomic mass is 16.5. The number of ether oxygens (including phenoxy) is 2. The van der Waals surface area contributed by atoms with Gasteiger partial charge in [-0.25, -0.2) is 0 Å². The molecule has 1 rings (SSSR count). The van der Waals surface area contributed by atoms with E-state index in [4.69, 9.17) is 14.6 Å². The highest BCUT2D eigenvalue weighted by Gasteiger charge is 2.04. The Hall–Kier alpha value is -1.67. The zero-order chi connectivity index (χ0) is 12.5. The molecule has 1 heterocycles. The highest BCUT2D eigenvalue weighted by molar-refractivity contribution is 5.35. The fourth-order valence-electron chi connectivity index (χ4n) is 1.04. The van der Waals surface area contributed by atoms with Crippen LogP contribution in [-0.2, 0) is 4.74 Å². The minimum absolute atomic E-state index is 0.0173. The van der Waals surface area contributed by atoms with Gasteiger partial charge in [-0.05, 0) is 0 Å². The Kier molecular flexibility index (Phi) is 5.97. The maximum atomic E-state index is 8.52. The first-order valence-corrected chi connectivity index (χ1v) is 5.20. The van der Waals surface area contributed by atoms with Crippen LogP contribution >= 0.6 is 0 Å². The number of nitrogens with zero attached hydrogens (tertiary/aromatic N) is 3. The number of rotatable bonds is 8. The third-order valence-corrected chi connectivity index (χ3v) is 1.79. The Labute approximate surface area is 99.4 Å². The summed E-state index contributed by atoms with van der Waals surface area (Å²) in [4.78, 5) is 12.1. The zero-order valence-electron chi connectivity index (χ0n) is 9.93. The summed E-state index contributed by atoms with van der Waals surface area (Å²) in [6.07, 6.45) is 0. The molecule has 0 aliphatic heterocycles. The third kappa shape index (κ3) is 4.79. The van der Waals surface area contributed by atoms with Crippen LogP contribution in [-0.4, -0.2) is 60.6 Å². The van der Waals surface area contributed by atoms with Gasteiger partial charge < -0.3 is 25.2 Å². The standard InChI is InChI=1S/C9H17N5O3/c1-10-7-12-8(14-9(13-7)16-2)11-3-5-17-6-4-15/h15H,3-6H2,1-2H3,(H2,10,11,12,13,14). The van der Waals surface area contributed by atoms with E-state index in [1.165, 1.54) is 7.11 Å². The lowest BCUT2D eigenvalue weighted by molar-refractivity contribution is 0.0991. The lowest BCUT2D eigenvalue weighted by atomic mass is 10.6. The van der Waals surface area contributed by atoms with E-state index in [9.17, 15) is 0 Å². The van der Waals surface area contributed by atoms with E-state index < -0.39 is 0 Å². The van der Waals surface area contributed by atoms with Crippen molar-refractivity contribution in [2.45, 2.75) is 0 Å². The minimum atomic E-state index is 0.0173. The molecule has 0 saturated heterocycles. The molecule has 0 unspecified atom stereocenters. The van der Waals surface area contributed by atoms with Gasteiger partial charge in [-0.15, -0.1) is 0 Å². The average Bonchev–Trinajstić information content (AvgIpc) is 2.38. The summed E-state index contributed by atoms with van der Waals surface area (Å²) < 4.78 is 10.0. The molecule has 0 atom stereocenters. The summed E-state index contributed by atoms with van der Waals surface area (Å²) in [5.41, 5.74) is 0. The van der Waals surface area contributed by atoms with Crippen molar-refractivity contribution < 1.29 is 14.6 Å². The van der Waals surface area contributed by atoms with Gasteiger partial charge in [0.15, 0.2) is 0 Å². The predicted octanol–water partition coefficient (Wildman–Crippen LogP) is -0.657. The zero-order valence-corrected chi connectivity index (χ0v) is 9.93. The van der Waals surface area contributed by atoms with Crippen molar-refractivity contribution in [3.05, 3.63) is 0 Å². The Morgan fingerprint density at radius 1 is 1.18 bits per heavy atom. The molecule has 0 saturated carbocycles. The molecule has 8 heteroatoms. The maximum absolute atomic E-state index is 8.52. The van der Waals surface area contributed by atoms with Crippen LogP contribution in [0.15, 0.2) is 0 Å². The summed E-state index contributed by atoms with van der Waals surface area (Å²) >= 11 is 0. The highest BCUT2D eigenvalue weighted by Crippen LogP contribution is 2.09. The molecule has 0 fully saturated rings. The summed E-state index contributed by atoms with van der Waals surface area (Å²) in [7, 11) is 3.20. The molecule has 0 radical (unpaired) electrons. The van der Waals surface area contributed by atoms with Gasteiger partial charge in [-0.1, -0.05) is 0 Å². The normalized spacial score (nSPS) is 10.1. The van der Waals surface area contributed by atoms with E-state index in [1.807, 2.05) is 0 Å². The van der Waals surface area contributed by atoms with Gasteiger partial charge in [0.25, 0.3) is 0 Å². The van der Waals surface area contributed by atoms with Gasteiger partial charge in [0, 0.05) is 13.6 Å². The number of nitrogens with one attached hydrogen (secondary N) is 2. The van der Waals surface area contributed by atoms with Crippen LogP contribution in [0, 0.1) is 0 Å². The van der Waals surface area contributed by atoms with Crippen LogP contribution in [0.2, 0.25) is 0 Å². The van der Waals surface area contributed by atoms with Crippen LogP contribution in [0.4, 0.5) is 11.9 Å². The quantitative estimate of drug-likeness (QED) is 0.517. The number of anilines is 2. The minimum Gasteiger partial charge on any atom is -0.467 e. The van der Waals surface area contributed by atoms with Crippen LogP contribution < -0.4 is 15.4 Å². The number of hydrogen-bond acceptors (Lipinski definition) is 8. The van der Waals surface area contributed by atoms with E-state index in [0.717, 1.165) is 0 Å². The fraction of sp³-hybridized carbons (Fsp3) is 0.667. The van der Waals surface area contributed by atoms with Crippen molar-refractivity contribution in [2.24, 2.45) is 0 Å². The molecular weight excluding hydrogens is 226 g/mol. The lowest BCUT2D eigenvalue weighted by Gasteiger charge is -2.07. The van der Waals surface area contributed by atoms with Crippen molar-refractivity contribution >= 4 is 11.9 Å². The Morgan fingerprint density at radius 3 is 2.59 bits per heavy atom. The molecule has 0 aromatic carbocycles. The van der Waals surface area contributed by atoms with Gasteiger partial charge in [-0.3, -0.25) is 0 Å². The summed E-state index contributed by atoms with van der Waals surface area (Å²) in [6.45, 7) is 1.34. The maximum Gasteiger partial charge on any atom is 0.322 e. The van der Waals surface area contributed by atoms with Gasteiger partial charge in [-0.2, -0.15) is 15.0 Å². The molecule has 1 aromatic heterocycles. The van der Waals surface area contributed by atoms with E-state index in [-0.39, 0.29) is 12.6 Å². The molecule has 0 bridgehead atoms. The monoisotopic (exact) mass is 243 g/mol. The Bertz CT molecular complexity index is 314. The van der Waals surface area contributed by atoms with Crippen molar-refractivity contribution in [3.63, 3.8) is 0 Å². The van der Waals surface area contributed by atoms with E-state index >= 15 is 0 Å². The van der Waals surface area contributed by atoms with E-state index in [1.54, 1.807) is 7.05 Å². The first kappa shape index (κ1) is 13.4. The Balaban J connectivity index is 2.46. The van der Waals surface area contributed by atoms with Crippen molar-refractivity contribution in [2.75, 3.05) is 51.2 Å². The summed E-state index contributed by atoms with van der Waals surface area (Å²) in [5, 5.41) is 14.3. The molecule has 0 aliphatic rings. The molecule has 17 heavy (non-hydrogen) atoms. The van der Waals surface area contributed by atoms with Crippen LogP contribution in [0.3, 0.4) is 0 Å². The molecule has 96 valence electrons. The first-order chi connectivity index (χ1) is 8.30. The molecule has 0 spiro atoms. The number of aliphatic hydroxyl groups is 1. The average molecular weight is 243 g/mol. The van der Waals surface area contributed by atoms with Crippen LogP contribution in [0.5, 0.6) is 6.01 Å². The van der Waals surface area contributed by atoms with Gasteiger partial charge in [0.1, 0.15) is 0 Å². The van der Waals surface area contributed by atoms with E-state index in [0.29, 0.717) is 31.7 Å². The first-order valence-electron chi connectivity index (χ1n) is 5.20. The van der Waals surface area contributed by atoms with Gasteiger partial charge >= 0.3 is 6.01 Å². The molecular formula is C9H17N5O3. The largest absolute Gasteiger partial charge is 0.467 e. The smallest absolute Gasteiger partial charge is 0.322 e. The second-order valence-electron chi connectivity index (χ2n) is 2.98. The van der Waals surface area contributed by atoms with E-state index in [2.05, 4.69) is 25.6 Å². The summed E-state index contributed by atoms with van der Waals surface area (Å²) in [5.74, 6) is 0.837. The summed E-state index contributed by atoms with van der Waals surface area (Å²) in [6, 6.07) is 0.239. The van der Waals surface area contributed by atoms with Crippen molar-refractivity contribution in [3.8, 4) is 6.01 Å². The molecule has 0 aliphatic carbocycles. The molecule has 8 nitrogen and oxygen atoms in total. The number of hydrogen-bond donors (Lipinski definition) is 3. The second-order valence-corrected chi connectivity index (χ2v) is 2.98. The van der Waals surface area contributed by atoms with Crippen molar-refractivity contribution in [1.29, 1.82) is 0 Å². The predicted molar refractivity (Wildman–Crippen MR) is 62.3 cm³/mol. The van der Waals surface area contributed by atoms with Crippen molar-refractivity contribution in [1.82, 2.24) is 15.0 Å². The fourth-order valence-corrected chi connectivity index (χ4v) is 1.04.